The lowest BCUT2D eigenvalue weighted by molar-refractivity contribution is -0.142. The van der Waals surface area contributed by atoms with E-state index in [0.29, 0.717) is 26.1 Å². The molecule has 2 aliphatic rings. The molecule has 4 nitrogen and oxygen atoms in total. The van der Waals surface area contributed by atoms with Crippen LogP contribution < -0.4 is 0 Å². The van der Waals surface area contributed by atoms with Gasteiger partial charge in [-0.25, -0.2) is 0 Å². The van der Waals surface area contributed by atoms with Gasteiger partial charge in [-0.2, -0.15) is 0 Å². The molecule has 4 heteroatoms. The molecule has 0 bridgehead atoms. The van der Waals surface area contributed by atoms with Crippen LogP contribution in [0.3, 0.4) is 0 Å². The average molecular weight is 342 g/mol. The molecule has 0 saturated carbocycles. The van der Waals surface area contributed by atoms with Crippen LogP contribution in [-0.2, 0) is 16.0 Å². The van der Waals surface area contributed by atoms with Crippen molar-refractivity contribution < 1.29 is 9.59 Å². The number of hydrogen-bond donors (Lipinski definition) is 0. The SMILES string of the molecule is CC.CC(C)C(=O)N1CCN(C(=O)C2=Cc3ccccc3C2)C(C)C1. The maximum absolute atomic E-state index is 12.8. The van der Waals surface area contributed by atoms with Crippen molar-refractivity contribution in [1.82, 2.24) is 9.80 Å². The number of nitrogens with zero attached hydrogens (tertiary/aromatic N) is 2. The van der Waals surface area contributed by atoms with Gasteiger partial charge in [0.25, 0.3) is 5.91 Å². The average Bonchev–Trinajstić information content (AvgIpc) is 3.06. The monoisotopic (exact) mass is 342 g/mol. The van der Waals surface area contributed by atoms with Gasteiger partial charge >= 0.3 is 0 Å². The summed E-state index contributed by atoms with van der Waals surface area (Å²) in [6, 6.07) is 8.21. The standard InChI is InChI=1S/C19H24N2O2.C2H6/c1-13(2)18(22)20-8-9-21(14(3)12-20)19(23)17-10-15-6-4-5-7-16(15)11-17;1-2/h4-7,10,13-14H,8-9,11-12H2,1-3H3;1-2H3. The number of piperazine rings is 1. The molecular weight excluding hydrogens is 312 g/mol. The summed E-state index contributed by atoms with van der Waals surface area (Å²) in [7, 11) is 0. The molecule has 0 N–H and O–H groups in total. The lowest BCUT2D eigenvalue weighted by atomic mass is 10.1. The summed E-state index contributed by atoms with van der Waals surface area (Å²) in [5, 5.41) is 0. The van der Waals surface area contributed by atoms with Crippen LogP contribution in [0.25, 0.3) is 6.08 Å². The molecule has 136 valence electrons. The highest BCUT2D eigenvalue weighted by Gasteiger charge is 2.32. The summed E-state index contributed by atoms with van der Waals surface area (Å²) in [6.45, 7) is 11.7. The molecule has 0 aromatic heterocycles. The zero-order valence-electron chi connectivity index (χ0n) is 16.1. The lowest BCUT2D eigenvalue weighted by Crippen LogP contribution is -2.56. The second-order valence-corrected chi connectivity index (χ2v) is 6.83. The predicted molar refractivity (Wildman–Crippen MR) is 102 cm³/mol. The van der Waals surface area contributed by atoms with Crippen molar-refractivity contribution >= 4 is 17.9 Å². The van der Waals surface area contributed by atoms with Gasteiger partial charge in [-0.15, -0.1) is 0 Å². The highest BCUT2D eigenvalue weighted by atomic mass is 16.2. The number of carbonyl (C=O) groups is 2. The fraction of sp³-hybridized carbons (Fsp3) is 0.524. The fourth-order valence-electron chi connectivity index (χ4n) is 3.43. The van der Waals surface area contributed by atoms with Gasteiger partial charge in [0, 0.05) is 43.6 Å². The molecule has 3 rings (SSSR count). The molecule has 1 unspecified atom stereocenters. The fourth-order valence-corrected chi connectivity index (χ4v) is 3.43. The van der Waals surface area contributed by atoms with Gasteiger partial charge in [0.1, 0.15) is 0 Å². The van der Waals surface area contributed by atoms with Crippen molar-refractivity contribution in [3.05, 3.63) is 41.0 Å². The summed E-state index contributed by atoms with van der Waals surface area (Å²) >= 11 is 0. The van der Waals surface area contributed by atoms with E-state index in [0.717, 1.165) is 11.1 Å². The highest BCUT2D eigenvalue weighted by molar-refractivity contribution is 6.00. The van der Waals surface area contributed by atoms with Crippen LogP contribution in [0.2, 0.25) is 0 Å². The van der Waals surface area contributed by atoms with Crippen LogP contribution in [0.4, 0.5) is 0 Å². The number of carbonyl (C=O) groups excluding carboxylic acids is 2. The molecule has 0 spiro atoms. The van der Waals surface area contributed by atoms with Crippen LogP contribution in [0.1, 0.15) is 45.7 Å². The van der Waals surface area contributed by atoms with Gasteiger partial charge in [-0.05, 0) is 24.1 Å². The molecule has 1 aliphatic carbocycles. The predicted octanol–water partition coefficient (Wildman–Crippen LogP) is 3.37. The summed E-state index contributed by atoms with van der Waals surface area (Å²) in [5.74, 6) is 0.304. The first kappa shape index (κ1) is 19.2. The Balaban J connectivity index is 0.00000109. The Morgan fingerprint density at radius 1 is 1.12 bits per heavy atom. The normalized spacial score (nSPS) is 19.1. The Kier molecular flexibility index (Phi) is 6.40. The quantitative estimate of drug-likeness (QED) is 0.827. The zero-order valence-corrected chi connectivity index (χ0v) is 16.1. The third-order valence-corrected chi connectivity index (χ3v) is 4.73. The number of amides is 2. The topological polar surface area (TPSA) is 40.6 Å². The van der Waals surface area contributed by atoms with E-state index in [-0.39, 0.29) is 23.8 Å². The molecule has 25 heavy (non-hydrogen) atoms. The van der Waals surface area contributed by atoms with Crippen molar-refractivity contribution in [2.45, 2.75) is 47.1 Å². The van der Waals surface area contributed by atoms with E-state index in [1.54, 1.807) is 0 Å². The second kappa shape index (κ2) is 8.32. The Bertz CT molecular complexity index is 664. The van der Waals surface area contributed by atoms with Crippen molar-refractivity contribution in [3.8, 4) is 0 Å². The Morgan fingerprint density at radius 2 is 1.80 bits per heavy atom. The minimum atomic E-state index is 0.0106. The van der Waals surface area contributed by atoms with Crippen LogP contribution in [-0.4, -0.2) is 47.3 Å². The maximum Gasteiger partial charge on any atom is 0.250 e. The number of benzene rings is 1. The van der Waals surface area contributed by atoms with E-state index < -0.39 is 0 Å². The van der Waals surface area contributed by atoms with E-state index >= 15 is 0 Å². The second-order valence-electron chi connectivity index (χ2n) is 6.83. The first-order chi connectivity index (χ1) is 12.0. The molecule has 1 aliphatic heterocycles. The molecule has 1 fully saturated rings. The molecule has 1 atom stereocenters. The van der Waals surface area contributed by atoms with Crippen molar-refractivity contribution in [2.24, 2.45) is 5.92 Å². The number of rotatable bonds is 2. The molecule has 2 amide bonds. The minimum absolute atomic E-state index is 0.0106. The van der Waals surface area contributed by atoms with E-state index in [9.17, 15) is 9.59 Å². The smallest absolute Gasteiger partial charge is 0.250 e. The zero-order chi connectivity index (χ0) is 18.6. The van der Waals surface area contributed by atoms with E-state index in [1.165, 1.54) is 5.56 Å². The van der Waals surface area contributed by atoms with Crippen molar-refractivity contribution in [3.63, 3.8) is 0 Å². The summed E-state index contributed by atoms with van der Waals surface area (Å²) in [6.07, 6.45) is 2.73. The molecular formula is C21H30N2O2. The van der Waals surface area contributed by atoms with Gasteiger partial charge in [0.05, 0.1) is 0 Å². The molecule has 1 aromatic carbocycles. The summed E-state index contributed by atoms with van der Waals surface area (Å²) in [5.41, 5.74) is 3.23. The Labute approximate surface area is 151 Å². The van der Waals surface area contributed by atoms with Crippen LogP contribution in [0, 0.1) is 5.92 Å². The van der Waals surface area contributed by atoms with Crippen molar-refractivity contribution in [1.29, 1.82) is 0 Å². The Hall–Kier alpha value is -2.10. The number of hydrogen-bond acceptors (Lipinski definition) is 2. The van der Waals surface area contributed by atoms with E-state index in [1.807, 2.05) is 62.6 Å². The minimum Gasteiger partial charge on any atom is -0.339 e. The largest absolute Gasteiger partial charge is 0.339 e. The number of fused-ring (bicyclic) bond motifs is 1. The summed E-state index contributed by atoms with van der Waals surface area (Å²) < 4.78 is 0. The third kappa shape index (κ3) is 4.12. The van der Waals surface area contributed by atoms with E-state index in [2.05, 4.69) is 12.1 Å². The summed E-state index contributed by atoms with van der Waals surface area (Å²) in [4.78, 5) is 28.8. The van der Waals surface area contributed by atoms with Crippen LogP contribution >= 0.6 is 0 Å². The maximum atomic E-state index is 12.8. The van der Waals surface area contributed by atoms with Gasteiger partial charge in [-0.3, -0.25) is 9.59 Å². The van der Waals surface area contributed by atoms with Gasteiger partial charge in [-0.1, -0.05) is 52.0 Å². The third-order valence-electron chi connectivity index (χ3n) is 4.73. The first-order valence-corrected chi connectivity index (χ1v) is 9.35. The Morgan fingerprint density at radius 3 is 2.40 bits per heavy atom. The van der Waals surface area contributed by atoms with Gasteiger partial charge in [0.2, 0.25) is 5.91 Å². The van der Waals surface area contributed by atoms with Crippen molar-refractivity contribution in [2.75, 3.05) is 19.6 Å². The van der Waals surface area contributed by atoms with Gasteiger partial charge in [0.15, 0.2) is 0 Å². The van der Waals surface area contributed by atoms with E-state index in [4.69, 9.17) is 0 Å². The molecule has 1 saturated heterocycles. The van der Waals surface area contributed by atoms with Gasteiger partial charge < -0.3 is 9.80 Å². The van der Waals surface area contributed by atoms with Crippen LogP contribution in [0.5, 0.6) is 0 Å². The molecule has 1 heterocycles. The highest BCUT2D eigenvalue weighted by Crippen LogP contribution is 2.27. The van der Waals surface area contributed by atoms with Crippen LogP contribution in [0.15, 0.2) is 29.8 Å². The molecule has 0 radical (unpaired) electrons. The first-order valence-electron chi connectivity index (χ1n) is 9.35. The molecule has 1 aromatic rings. The lowest BCUT2D eigenvalue weighted by Gasteiger charge is -2.40.